The van der Waals surface area contributed by atoms with E-state index in [1.54, 1.807) is 0 Å². The Hall–Kier alpha value is -3.13. The number of hydrogen-bond donors (Lipinski definition) is 2. The molecule has 0 aliphatic carbocycles. The summed E-state index contributed by atoms with van der Waals surface area (Å²) < 4.78 is 12.1. The average Bonchev–Trinajstić information content (AvgIpc) is 3.11. The first-order chi connectivity index (χ1) is 14.5. The maximum Gasteiger partial charge on any atom is 0.248 e. The third kappa shape index (κ3) is 4.54. The minimum absolute atomic E-state index is 0.0757. The molecule has 2 aromatic carbocycles. The number of nitrogens with one attached hydrogen (secondary N) is 2. The molecule has 1 aromatic heterocycles. The number of benzene rings is 2. The molecule has 0 unspecified atom stereocenters. The van der Waals surface area contributed by atoms with Crippen LogP contribution in [0, 0.1) is 5.92 Å². The zero-order valence-electron chi connectivity index (χ0n) is 16.8. The number of aromatic nitrogens is 1. The predicted molar refractivity (Wildman–Crippen MR) is 116 cm³/mol. The lowest BCUT2D eigenvalue weighted by atomic mass is 10.0. The highest BCUT2D eigenvalue weighted by Crippen LogP contribution is 2.37. The molecular formula is C22H23N3O4S. The van der Waals surface area contributed by atoms with E-state index >= 15 is 0 Å². The molecule has 4 rings (SSSR count). The molecule has 1 atom stereocenters. The van der Waals surface area contributed by atoms with Crippen LogP contribution in [0.5, 0.6) is 11.5 Å². The molecule has 0 spiro atoms. The highest BCUT2D eigenvalue weighted by Gasteiger charge is 2.25. The van der Waals surface area contributed by atoms with Gasteiger partial charge in [0.05, 0.1) is 16.6 Å². The number of nitrogens with zero attached hydrogens (tertiary/aromatic N) is 1. The van der Waals surface area contributed by atoms with Gasteiger partial charge in [0.25, 0.3) is 0 Å². The van der Waals surface area contributed by atoms with Crippen molar-refractivity contribution in [2.24, 2.45) is 5.92 Å². The molecular weight excluding hydrogens is 402 g/mol. The number of ether oxygens (including phenoxy) is 2. The zero-order chi connectivity index (χ0) is 21.1. The van der Waals surface area contributed by atoms with Crippen LogP contribution in [0.4, 0.5) is 5.13 Å². The maximum absolute atomic E-state index is 12.9. The van der Waals surface area contributed by atoms with Gasteiger partial charge in [0.15, 0.2) is 16.6 Å². The molecule has 0 fully saturated rings. The minimum atomic E-state index is -0.659. The SMILES string of the molecule is CC(C)[C@@H](NC(=O)Cc1ccccc1)C(=O)Nc1nc2cc3c(cc2s1)OCCO3. The Morgan fingerprint density at radius 1 is 1.10 bits per heavy atom. The van der Waals surface area contributed by atoms with E-state index in [-0.39, 0.29) is 24.2 Å². The van der Waals surface area contributed by atoms with Crippen LogP contribution in [0.2, 0.25) is 0 Å². The predicted octanol–water partition coefficient (Wildman–Crippen LogP) is 3.39. The quantitative estimate of drug-likeness (QED) is 0.632. The van der Waals surface area contributed by atoms with Crippen molar-refractivity contribution in [2.45, 2.75) is 26.3 Å². The van der Waals surface area contributed by atoms with Crippen LogP contribution in [0.25, 0.3) is 10.2 Å². The van der Waals surface area contributed by atoms with Gasteiger partial charge in [-0.05, 0) is 11.5 Å². The summed E-state index contributed by atoms with van der Waals surface area (Å²) in [6, 6.07) is 12.5. The van der Waals surface area contributed by atoms with Crippen molar-refractivity contribution in [1.82, 2.24) is 10.3 Å². The van der Waals surface area contributed by atoms with Crippen LogP contribution < -0.4 is 20.1 Å². The Kier molecular flexibility index (Phi) is 5.85. The highest BCUT2D eigenvalue weighted by molar-refractivity contribution is 7.22. The van der Waals surface area contributed by atoms with Crippen LogP contribution in [0.3, 0.4) is 0 Å². The Balaban J connectivity index is 1.45. The van der Waals surface area contributed by atoms with E-state index in [2.05, 4.69) is 15.6 Å². The fourth-order valence-electron chi connectivity index (χ4n) is 3.24. The van der Waals surface area contributed by atoms with E-state index in [9.17, 15) is 9.59 Å². The van der Waals surface area contributed by atoms with Crippen molar-refractivity contribution < 1.29 is 19.1 Å². The zero-order valence-corrected chi connectivity index (χ0v) is 17.6. The molecule has 0 saturated heterocycles. The van der Waals surface area contributed by atoms with Gasteiger partial charge in [-0.3, -0.25) is 9.59 Å². The summed E-state index contributed by atoms with van der Waals surface area (Å²) in [5.74, 6) is 0.783. The Bertz CT molecular complexity index is 1020. The van der Waals surface area contributed by atoms with Crippen molar-refractivity contribution in [3.8, 4) is 11.5 Å². The molecule has 3 aromatic rings. The normalized spacial score (nSPS) is 13.8. The second kappa shape index (κ2) is 8.71. The van der Waals surface area contributed by atoms with Gasteiger partial charge in [0.1, 0.15) is 19.3 Å². The van der Waals surface area contributed by atoms with Gasteiger partial charge < -0.3 is 20.1 Å². The summed E-state index contributed by atoms with van der Waals surface area (Å²) in [6.45, 7) is 4.81. The van der Waals surface area contributed by atoms with Gasteiger partial charge in [-0.1, -0.05) is 55.5 Å². The number of hydrogen-bond acceptors (Lipinski definition) is 6. The molecule has 2 N–H and O–H groups in total. The van der Waals surface area contributed by atoms with E-state index < -0.39 is 6.04 Å². The van der Waals surface area contributed by atoms with E-state index in [4.69, 9.17) is 9.47 Å². The van der Waals surface area contributed by atoms with E-state index in [1.807, 2.05) is 56.3 Å². The monoisotopic (exact) mass is 425 g/mol. The van der Waals surface area contributed by atoms with Gasteiger partial charge in [0.2, 0.25) is 11.8 Å². The molecule has 0 bridgehead atoms. The van der Waals surface area contributed by atoms with Crippen LogP contribution >= 0.6 is 11.3 Å². The Labute approximate surface area is 178 Å². The lowest BCUT2D eigenvalue weighted by Crippen LogP contribution is -2.47. The van der Waals surface area contributed by atoms with Crippen LogP contribution in [-0.4, -0.2) is 36.1 Å². The summed E-state index contributed by atoms with van der Waals surface area (Å²) in [4.78, 5) is 29.8. The fraction of sp³-hybridized carbons (Fsp3) is 0.318. The number of thiazole rings is 1. The van der Waals surface area contributed by atoms with E-state index in [0.717, 1.165) is 15.8 Å². The lowest BCUT2D eigenvalue weighted by molar-refractivity contribution is -0.127. The molecule has 2 heterocycles. The Morgan fingerprint density at radius 3 is 2.50 bits per heavy atom. The summed E-state index contributed by atoms with van der Waals surface area (Å²) in [5.41, 5.74) is 1.63. The lowest BCUT2D eigenvalue weighted by Gasteiger charge is -2.21. The van der Waals surface area contributed by atoms with Crippen LogP contribution in [0.15, 0.2) is 42.5 Å². The Morgan fingerprint density at radius 2 is 1.80 bits per heavy atom. The topological polar surface area (TPSA) is 89.6 Å². The van der Waals surface area contributed by atoms with Gasteiger partial charge in [0, 0.05) is 12.1 Å². The number of carbonyl (C=O) groups excluding carboxylic acids is 2. The molecule has 0 radical (unpaired) electrons. The van der Waals surface area contributed by atoms with Crippen molar-refractivity contribution in [3.63, 3.8) is 0 Å². The second-order valence-corrected chi connectivity index (χ2v) is 8.45. The van der Waals surface area contributed by atoms with Crippen molar-refractivity contribution in [2.75, 3.05) is 18.5 Å². The summed E-state index contributed by atoms with van der Waals surface area (Å²) >= 11 is 1.36. The largest absolute Gasteiger partial charge is 0.486 e. The number of amides is 2. The van der Waals surface area contributed by atoms with Gasteiger partial charge >= 0.3 is 0 Å². The summed E-state index contributed by atoms with van der Waals surface area (Å²) in [6.07, 6.45) is 0.226. The summed E-state index contributed by atoms with van der Waals surface area (Å²) in [5, 5.41) is 6.17. The first-order valence-electron chi connectivity index (χ1n) is 9.84. The number of anilines is 1. The van der Waals surface area contributed by atoms with Crippen molar-refractivity contribution in [1.29, 1.82) is 0 Å². The van der Waals surface area contributed by atoms with Gasteiger partial charge in [-0.2, -0.15) is 0 Å². The maximum atomic E-state index is 12.9. The number of carbonyl (C=O) groups is 2. The third-order valence-electron chi connectivity index (χ3n) is 4.76. The van der Waals surface area contributed by atoms with Crippen LogP contribution in [-0.2, 0) is 16.0 Å². The molecule has 30 heavy (non-hydrogen) atoms. The number of rotatable bonds is 6. The molecule has 7 nitrogen and oxygen atoms in total. The van der Waals surface area contributed by atoms with Crippen molar-refractivity contribution >= 4 is 38.5 Å². The molecule has 156 valence electrons. The first kappa shape index (κ1) is 20.2. The van der Waals surface area contributed by atoms with Gasteiger partial charge in [-0.25, -0.2) is 4.98 Å². The number of fused-ring (bicyclic) bond motifs is 2. The molecule has 8 heteroatoms. The fourth-order valence-corrected chi connectivity index (χ4v) is 4.12. The third-order valence-corrected chi connectivity index (χ3v) is 5.69. The molecule has 1 aliphatic heterocycles. The molecule has 0 saturated carbocycles. The smallest absolute Gasteiger partial charge is 0.248 e. The molecule has 2 amide bonds. The average molecular weight is 426 g/mol. The second-order valence-electron chi connectivity index (χ2n) is 7.42. The standard InChI is InChI=1S/C22H23N3O4S/c1-13(2)20(24-19(26)10-14-6-4-3-5-7-14)21(27)25-22-23-15-11-16-17(12-18(15)30-22)29-9-8-28-16/h3-7,11-13,20H,8-10H2,1-2H3,(H,24,26)(H,23,25,27)/t20-/m1/s1. The van der Waals surface area contributed by atoms with E-state index in [1.165, 1.54) is 11.3 Å². The van der Waals surface area contributed by atoms with Crippen molar-refractivity contribution in [3.05, 3.63) is 48.0 Å². The van der Waals surface area contributed by atoms with E-state index in [0.29, 0.717) is 29.8 Å². The molecule has 1 aliphatic rings. The van der Waals surface area contributed by atoms with Crippen LogP contribution in [0.1, 0.15) is 19.4 Å². The highest BCUT2D eigenvalue weighted by atomic mass is 32.1. The first-order valence-corrected chi connectivity index (χ1v) is 10.7. The summed E-state index contributed by atoms with van der Waals surface area (Å²) in [7, 11) is 0. The van der Waals surface area contributed by atoms with Gasteiger partial charge in [-0.15, -0.1) is 0 Å². The minimum Gasteiger partial charge on any atom is -0.486 e.